The molecule has 4 N–H and O–H groups in total. The Kier molecular flexibility index (Phi) is 10.2. The van der Waals surface area contributed by atoms with E-state index in [2.05, 4.69) is 71.0 Å². The molecular weight excluding hydrogens is 358 g/mol. The fraction of sp³-hybridized carbons (Fsp3) is 0.810. The summed E-state index contributed by atoms with van der Waals surface area (Å²) in [6, 6.07) is -0.351. The van der Waals surface area contributed by atoms with Gasteiger partial charge < -0.3 is 20.5 Å². The third-order valence-electron chi connectivity index (χ3n) is 4.93. The summed E-state index contributed by atoms with van der Waals surface area (Å²) in [5.41, 5.74) is -0.0293. The quantitative estimate of drug-likeness (QED) is 0.196. The Morgan fingerprint density at radius 2 is 1.54 bits per heavy atom. The van der Waals surface area contributed by atoms with E-state index in [1.807, 2.05) is 0 Å². The summed E-state index contributed by atoms with van der Waals surface area (Å²) in [5.74, 6) is -0.474. The first kappa shape index (κ1) is 26.4. The number of urea groups is 1. The van der Waals surface area contributed by atoms with Crippen LogP contribution in [-0.2, 0) is 9.53 Å². The molecule has 0 radical (unpaired) electrons. The molecule has 7 heteroatoms. The van der Waals surface area contributed by atoms with Gasteiger partial charge in [0.05, 0.1) is 6.54 Å². The van der Waals surface area contributed by atoms with E-state index in [1.165, 1.54) is 0 Å². The molecule has 2 unspecified atom stereocenters. The van der Waals surface area contributed by atoms with Gasteiger partial charge in [0.2, 0.25) is 0 Å². The average molecular weight is 400 g/mol. The van der Waals surface area contributed by atoms with Crippen molar-refractivity contribution in [1.29, 1.82) is 0 Å². The number of hydrogen-bond donors (Lipinski definition) is 4. The van der Waals surface area contributed by atoms with Crippen molar-refractivity contribution in [3.63, 3.8) is 0 Å². The molecule has 0 heterocycles. The summed E-state index contributed by atoms with van der Waals surface area (Å²) in [6.45, 7) is 21.2. The van der Waals surface area contributed by atoms with E-state index >= 15 is 0 Å². The molecule has 0 rings (SSSR count). The van der Waals surface area contributed by atoms with Crippen molar-refractivity contribution in [3.8, 4) is 0 Å². The molecule has 0 bridgehead atoms. The van der Waals surface area contributed by atoms with Crippen LogP contribution in [0.3, 0.4) is 0 Å². The number of rotatable bonds is 10. The summed E-state index contributed by atoms with van der Waals surface area (Å²) in [6.07, 6.45) is 0.159. The number of aliphatic hydroxyl groups excluding tert-OH is 1. The first-order valence-electron chi connectivity index (χ1n) is 9.86. The zero-order chi connectivity index (χ0) is 22.2. The predicted octanol–water partition coefficient (Wildman–Crippen LogP) is 2.80. The zero-order valence-electron chi connectivity index (χ0n) is 19.0. The molecule has 164 valence electrons. The van der Waals surface area contributed by atoms with Gasteiger partial charge in [0.15, 0.2) is 0 Å². The van der Waals surface area contributed by atoms with Gasteiger partial charge in [0, 0.05) is 24.1 Å². The maximum absolute atomic E-state index is 11.7. The number of hydrogen-bond acceptors (Lipinski definition) is 5. The lowest BCUT2D eigenvalue weighted by atomic mass is 9.60. The van der Waals surface area contributed by atoms with Crippen LogP contribution in [-0.4, -0.2) is 49.6 Å². The number of carbonyl (C=O) groups excluding carboxylic acids is 2. The largest absolute Gasteiger partial charge is 0.460 e. The molecule has 2 amide bonds. The van der Waals surface area contributed by atoms with Gasteiger partial charge in [-0.2, -0.15) is 0 Å². The van der Waals surface area contributed by atoms with E-state index < -0.39 is 12.2 Å². The maximum Gasteiger partial charge on any atom is 0.333 e. The van der Waals surface area contributed by atoms with E-state index in [-0.39, 0.29) is 35.4 Å². The molecule has 0 aromatic carbocycles. The minimum atomic E-state index is -0.696. The van der Waals surface area contributed by atoms with Crippen LogP contribution in [0.2, 0.25) is 0 Å². The number of amides is 2. The van der Waals surface area contributed by atoms with Crippen molar-refractivity contribution in [2.24, 2.45) is 16.2 Å². The van der Waals surface area contributed by atoms with Crippen LogP contribution in [0.5, 0.6) is 0 Å². The number of aliphatic hydroxyl groups is 1. The monoisotopic (exact) mass is 399 g/mol. The topological polar surface area (TPSA) is 99.7 Å². The van der Waals surface area contributed by atoms with Crippen molar-refractivity contribution in [2.45, 2.75) is 68.0 Å². The Labute approximate surface area is 170 Å². The first-order valence-corrected chi connectivity index (χ1v) is 9.86. The first-order chi connectivity index (χ1) is 12.6. The van der Waals surface area contributed by atoms with E-state index in [1.54, 1.807) is 6.92 Å². The Hall–Kier alpha value is -1.60. The van der Waals surface area contributed by atoms with Crippen molar-refractivity contribution >= 4 is 12.0 Å². The Balaban J connectivity index is 4.31. The Morgan fingerprint density at radius 1 is 1.00 bits per heavy atom. The molecule has 28 heavy (non-hydrogen) atoms. The highest BCUT2D eigenvalue weighted by Gasteiger charge is 2.45. The number of nitrogens with one attached hydrogen (secondary N) is 3. The zero-order valence-corrected chi connectivity index (χ0v) is 19.0. The van der Waals surface area contributed by atoms with Gasteiger partial charge in [-0.25, -0.2) is 9.59 Å². The SMILES string of the molecule is C=C(C)C(=O)OCCNC(=O)NCCNC(O)C(C)(CC(C)(C)C)C(C)(C)C. The minimum absolute atomic E-state index is 0.0798. The maximum atomic E-state index is 11.7. The van der Waals surface area contributed by atoms with Gasteiger partial charge in [0.1, 0.15) is 12.8 Å². The van der Waals surface area contributed by atoms with Gasteiger partial charge in [-0.3, -0.25) is 5.32 Å². The highest BCUT2D eigenvalue weighted by Crippen LogP contribution is 2.48. The number of esters is 1. The van der Waals surface area contributed by atoms with E-state index in [9.17, 15) is 14.7 Å². The van der Waals surface area contributed by atoms with Crippen LogP contribution >= 0.6 is 0 Å². The molecule has 0 aliphatic heterocycles. The van der Waals surface area contributed by atoms with Crippen LogP contribution in [0.1, 0.15) is 61.8 Å². The normalized spacial score (nSPS) is 15.3. The van der Waals surface area contributed by atoms with Crippen molar-refractivity contribution in [3.05, 3.63) is 12.2 Å². The van der Waals surface area contributed by atoms with Crippen molar-refractivity contribution in [1.82, 2.24) is 16.0 Å². The summed E-state index contributed by atoms with van der Waals surface area (Å²) in [5, 5.41) is 19.3. The lowest BCUT2D eigenvalue weighted by Crippen LogP contribution is -2.53. The molecule has 0 aromatic heterocycles. The summed E-state index contributed by atoms with van der Waals surface area (Å²) >= 11 is 0. The molecule has 0 aliphatic carbocycles. The Morgan fingerprint density at radius 3 is 2.00 bits per heavy atom. The predicted molar refractivity (Wildman–Crippen MR) is 113 cm³/mol. The van der Waals surface area contributed by atoms with Gasteiger partial charge >= 0.3 is 12.0 Å². The molecule has 7 nitrogen and oxygen atoms in total. The van der Waals surface area contributed by atoms with Crippen molar-refractivity contribution < 1.29 is 19.4 Å². The van der Waals surface area contributed by atoms with E-state index in [0.29, 0.717) is 18.7 Å². The van der Waals surface area contributed by atoms with E-state index in [0.717, 1.165) is 6.42 Å². The van der Waals surface area contributed by atoms with Gasteiger partial charge in [-0.1, -0.05) is 55.0 Å². The molecule has 0 saturated carbocycles. The molecule has 0 saturated heterocycles. The standard InChI is InChI=1S/C21H41N3O4/c1-15(2)16(25)28-13-12-24-18(27)23-11-10-22-17(26)21(9,20(6,7)8)14-19(3,4)5/h17,22,26H,1,10-14H2,2-9H3,(H2,23,24,27). The second-order valence-electron chi connectivity index (χ2n) is 9.86. The lowest BCUT2D eigenvalue weighted by Gasteiger charge is -2.49. The minimum Gasteiger partial charge on any atom is -0.460 e. The molecule has 0 aliphatic rings. The third kappa shape index (κ3) is 9.55. The highest BCUT2D eigenvalue weighted by atomic mass is 16.5. The van der Waals surface area contributed by atoms with Crippen LogP contribution in [0.15, 0.2) is 12.2 Å². The van der Waals surface area contributed by atoms with Gasteiger partial charge in [0.25, 0.3) is 0 Å². The fourth-order valence-corrected chi connectivity index (χ4v) is 2.98. The Bertz CT molecular complexity index is 535. The van der Waals surface area contributed by atoms with Gasteiger partial charge in [-0.15, -0.1) is 0 Å². The van der Waals surface area contributed by atoms with Crippen LogP contribution in [0, 0.1) is 16.2 Å². The average Bonchev–Trinajstić information content (AvgIpc) is 2.52. The summed E-state index contributed by atoms with van der Waals surface area (Å²) in [4.78, 5) is 23.0. The van der Waals surface area contributed by atoms with Gasteiger partial charge in [-0.05, 0) is 24.2 Å². The lowest BCUT2D eigenvalue weighted by molar-refractivity contribution is -0.138. The molecule has 2 atom stereocenters. The van der Waals surface area contributed by atoms with Crippen LogP contribution < -0.4 is 16.0 Å². The summed E-state index contributed by atoms with van der Waals surface area (Å²) < 4.78 is 4.89. The molecule has 0 fully saturated rings. The molecule has 0 spiro atoms. The number of carbonyl (C=O) groups is 2. The second-order valence-corrected chi connectivity index (χ2v) is 9.86. The highest BCUT2D eigenvalue weighted by molar-refractivity contribution is 5.86. The van der Waals surface area contributed by atoms with Crippen LogP contribution in [0.4, 0.5) is 4.79 Å². The summed E-state index contributed by atoms with van der Waals surface area (Å²) in [7, 11) is 0. The van der Waals surface area contributed by atoms with Crippen molar-refractivity contribution in [2.75, 3.05) is 26.2 Å². The van der Waals surface area contributed by atoms with Crippen LogP contribution in [0.25, 0.3) is 0 Å². The van der Waals surface area contributed by atoms with E-state index in [4.69, 9.17) is 4.74 Å². The fourth-order valence-electron chi connectivity index (χ4n) is 2.98. The smallest absolute Gasteiger partial charge is 0.333 e. The number of ether oxygens (including phenoxy) is 1. The molecular formula is C21H41N3O4. The second kappa shape index (κ2) is 10.8. The third-order valence-corrected chi connectivity index (χ3v) is 4.93. The molecule has 0 aromatic rings.